The minimum Gasteiger partial charge on any atom is -0.395 e. The first kappa shape index (κ1) is 15.9. The topological polar surface area (TPSA) is 35.5 Å². The number of rotatable bonds is 6. The van der Waals surface area contributed by atoms with Crippen LogP contribution in [0.3, 0.4) is 0 Å². The van der Waals surface area contributed by atoms with Crippen molar-refractivity contribution in [3.8, 4) is 0 Å². The van der Waals surface area contributed by atoms with Crippen LogP contribution in [0.5, 0.6) is 0 Å². The Labute approximate surface area is 113 Å². The number of β-amino-alcohol motifs (C(OH)–C–C–N with tert-alkyl or cyclic N) is 1. The zero-order valence-electron chi connectivity index (χ0n) is 12.9. The van der Waals surface area contributed by atoms with Crippen LogP contribution in [0.25, 0.3) is 0 Å². The summed E-state index contributed by atoms with van der Waals surface area (Å²) < 4.78 is 0. The maximum atomic E-state index is 9.26. The molecule has 0 amide bonds. The van der Waals surface area contributed by atoms with Gasteiger partial charge in [-0.1, -0.05) is 13.3 Å². The van der Waals surface area contributed by atoms with Crippen molar-refractivity contribution >= 4 is 0 Å². The second-order valence-corrected chi connectivity index (χ2v) is 6.91. The fraction of sp³-hybridized carbons (Fsp3) is 1.00. The Balaban J connectivity index is 2.65. The molecule has 2 N–H and O–H groups in total. The highest BCUT2D eigenvalue weighted by atomic mass is 16.3. The van der Waals surface area contributed by atoms with Gasteiger partial charge in [0.25, 0.3) is 0 Å². The van der Waals surface area contributed by atoms with Crippen molar-refractivity contribution in [1.29, 1.82) is 0 Å². The first-order chi connectivity index (χ1) is 8.33. The number of aliphatic hydroxyl groups is 1. The lowest BCUT2D eigenvalue weighted by molar-refractivity contribution is -0.0488. The lowest BCUT2D eigenvalue weighted by atomic mass is 9.77. The molecule has 0 aliphatic carbocycles. The third-order valence-electron chi connectivity index (χ3n) is 4.24. The number of piperidine rings is 1. The molecule has 1 rings (SSSR count). The molecule has 0 aromatic heterocycles. The quantitative estimate of drug-likeness (QED) is 0.716. The molecular formula is C15H32N2O. The van der Waals surface area contributed by atoms with Crippen LogP contribution in [0.1, 0.15) is 60.3 Å². The van der Waals surface area contributed by atoms with Gasteiger partial charge >= 0.3 is 0 Å². The molecule has 1 aliphatic heterocycles. The molecule has 3 heteroatoms. The van der Waals surface area contributed by atoms with Gasteiger partial charge in [0.1, 0.15) is 0 Å². The molecule has 108 valence electrons. The zero-order chi connectivity index (χ0) is 13.8. The first-order valence-corrected chi connectivity index (χ1v) is 7.45. The second kappa shape index (κ2) is 6.36. The van der Waals surface area contributed by atoms with Gasteiger partial charge in [-0.3, -0.25) is 4.90 Å². The van der Waals surface area contributed by atoms with Gasteiger partial charge in [-0.25, -0.2) is 0 Å². The molecule has 0 atom stereocenters. The lowest BCUT2D eigenvalue weighted by Crippen LogP contribution is -2.64. The summed E-state index contributed by atoms with van der Waals surface area (Å²) in [5.41, 5.74) is 0.322. The average molecular weight is 256 g/mol. The molecule has 0 bridgehead atoms. The predicted molar refractivity (Wildman–Crippen MR) is 77.9 cm³/mol. The summed E-state index contributed by atoms with van der Waals surface area (Å²) in [6, 6.07) is 0.608. The Bertz CT molecular complexity index is 233. The highest BCUT2D eigenvalue weighted by molar-refractivity contribution is 5.02. The van der Waals surface area contributed by atoms with Gasteiger partial charge in [-0.15, -0.1) is 0 Å². The van der Waals surface area contributed by atoms with Gasteiger partial charge in [-0.05, 0) is 53.5 Å². The monoisotopic (exact) mass is 256 g/mol. The molecule has 0 unspecified atom stereocenters. The number of hydrogen-bond acceptors (Lipinski definition) is 3. The maximum absolute atomic E-state index is 9.26. The molecule has 0 aromatic carbocycles. The van der Waals surface area contributed by atoms with E-state index in [1.165, 1.54) is 25.7 Å². The number of nitrogens with zero attached hydrogens (tertiary/aromatic N) is 1. The van der Waals surface area contributed by atoms with Gasteiger partial charge in [0.15, 0.2) is 0 Å². The molecule has 18 heavy (non-hydrogen) atoms. The predicted octanol–water partition coefficient (Wildman–Crippen LogP) is 2.39. The van der Waals surface area contributed by atoms with Gasteiger partial charge in [-0.2, -0.15) is 0 Å². The maximum Gasteiger partial charge on any atom is 0.0558 e. The molecule has 3 nitrogen and oxygen atoms in total. The van der Waals surface area contributed by atoms with E-state index in [-0.39, 0.29) is 17.7 Å². The van der Waals surface area contributed by atoms with Crippen molar-refractivity contribution in [2.24, 2.45) is 0 Å². The first-order valence-electron chi connectivity index (χ1n) is 7.45. The van der Waals surface area contributed by atoms with Crippen molar-refractivity contribution in [3.63, 3.8) is 0 Å². The highest BCUT2D eigenvalue weighted by Crippen LogP contribution is 2.37. The number of likely N-dealkylation sites (tertiary alicyclic amines) is 1. The Morgan fingerprint density at radius 3 is 2.17 bits per heavy atom. The summed E-state index contributed by atoms with van der Waals surface area (Å²) in [5.74, 6) is 0. The largest absolute Gasteiger partial charge is 0.395 e. The summed E-state index contributed by atoms with van der Waals surface area (Å²) in [6.45, 7) is 13.6. The van der Waals surface area contributed by atoms with Crippen molar-refractivity contribution in [2.75, 3.05) is 19.7 Å². The standard InChI is InChI=1S/C15H32N2O/c1-6-7-8-16-13-11-14(2,3)17(9-10-18)15(4,5)12-13/h13,16,18H,6-12H2,1-5H3. The van der Waals surface area contributed by atoms with E-state index in [1.54, 1.807) is 0 Å². The number of nitrogens with one attached hydrogen (secondary N) is 1. The van der Waals surface area contributed by atoms with Gasteiger partial charge < -0.3 is 10.4 Å². The van der Waals surface area contributed by atoms with Crippen LogP contribution < -0.4 is 5.32 Å². The molecule has 0 aromatic rings. The Morgan fingerprint density at radius 2 is 1.72 bits per heavy atom. The molecule has 0 saturated carbocycles. The van der Waals surface area contributed by atoms with Gasteiger partial charge in [0, 0.05) is 23.7 Å². The summed E-state index contributed by atoms with van der Waals surface area (Å²) in [6.07, 6.45) is 4.85. The van der Waals surface area contributed by atoms with Crippen molar-refractivity contribution < 1.29 is 5.11 Å². The van der Waals surface area contributed by atoms with E-state index >= 15 is 0 Å². The summed E-state index contributed by atoms with van der Waals surface area (Å²) in [5, 5.41) is 13.0. The van der Waals surface area contributed by atoms with Crippen molar-refractivity contribution in [2.45, 2.75) is 77.4 Å². The van der Waals surface area contributed by atoms with E-state index in [9.17, 15) is 5.11 Å². The third-order valence-corrected chi connectivity index (χ3v) is 4.24. The highest BCUT2D eigenvalue weighted by Gasteiger charge is 2.44. The molecular weight excluding hydrogens is 224 g/mol. The van der Waals surface area contributed by atoms with Crippen molar-refractivity contribution in [3.05, 3.63) is 0 Å². The van der Waals surface area contributed by atoms with E-state index in [0.29, 0.717) is 6.04 Å². The lowest BCUT2D eigenvalue weighted by Gasteiger charge is -2.55. The number of aliphatic hydroxyl groups excluding tert-OH is 1. The van der Waals surface area contributed by atoms with E-state index in [4.69, 9.17) is 0 Å². The summed E-state index contributed by atoms with van der Waals surface area (Å²) in [7, 11) is 0. The van der Waals surface area contributed by atoms with E-state index in [2.05, 4.69) is 44.8 Å². The minimum absolute atomic E-state index is 0.161. The Morgan fingerprint density at radius 1 is 1.17 bits per heavy atom. The molecule has 0 radical (unpaired) electrons. The molecule has 1 aliphatic rings. The number of unbranched alkanes of at least 4 members (excludes halogenated alkanes) is 1. The summed E-state index contributed by atoms with van der Waals surface area (Å²) in [4.78, 5) is 2.47. The molecule has 1 fully saturated rings. The van der Waals surface area contributed by atoms with Crippen molar-refractivity contribution in [1.82, 2.24) is 10.2 Å². The smallest absolute Gasteiger partial charge is 0.0558 e. The summed E-state index contributed by atoms with van der Waals surface area (Å²) >= 11 is 0. The fourth-order valence-electron chi connectivity index (χ4n) is 3.65. The minimum atomic E-state index is 0.161. The SMILES string of the molecule is CCCCNC1CC(C)(C)N(CCO)C(C)(C)C1. The van der Waals surface area contributed by atoms with E-state index in [1.807, 2.05) is 0 Å². The van der Waals surface area contributed by atoms with Crippen LogP contribution in [0.15, 0.2) is 0 Å². The van der Waals surface area contributed by atoms with Crippen LogP contribution >= 0.6 is 0 Å². The number of hydrogen-bond donors (Lipinski definition) is 2. The van der Waals surface area contributed by atoms with E-state index < -0.39 is 0 Å². The van der Waals surface area contributed by atoms with Crippen LogP contribution in [-0.4, -0.2) is 46.8 Å². The third kappa shape index (κ3) is 3.94. The molecule has 1 saturated heterocycles. The Hall–Kier alpha value is -0.120. The van der Waals surface area contributed by atoms with E-state index in [0.717, 1.165) is 13.1 Å². The second-order valence-electron chi connectivity index (χ2n) is 6.91. The fourth-order valence-corrected chi connectivity index (χ4v) is 3.65. The van der Waals surface area contributed by atoms with Crippen LogP contribution in [0.4, 0.5) is 0 Å². The molecule has 1 heterocycles. The van der Waals surface area contributed by atoms with Gasteiger partial charge in [0.05, 0.1) is 6.61 Å². The van der Waals surface area contributed by atoms with Crippen LogP contribution in [0.2, 0.25) is 0 Å². The Kier molecular flexibility index (Phi) is 5.63. The van der Waals surface area contributed by atoms with Crippen LogP contribution in [0, 0.1) is 0 Å². The molecule has 0 spiro atoms. The zero-order valence-corrected chi connectivity index (χ0v) is 12.9. The normalized spacial score (nSPS) is 24.3. The van der Waals surface area contributed by atoms with Gasteiger partial charge in [0.2, 0.25) is 0 Å². The average Bonchev–Trinajstić information content (AvgIpc) is 2.23. The van der Waals surface area contributed by atoms with Crippen LogP contribution in [-0.2, 0) is 0 Å².